The molecule has 9 heteroatoms. The van der Waals surface area contributed by atoms with E-state index in [4.69, 9.17) is 9.15 Å². The molecule has 3 rings (SSSR count). The Morgan fingerprint density at radius 1 is 1.28 bits per heavy atom. The molecule has 0 amide bonds. The van der Waals surface area contributed by atoms with Gasteiger partial charge >= 0.3 is 11.7 Å². The summed E-state index contributed by atoms with van der Waals surface area (Å²) in [5, 5.41) is 5.69. The Bertz CT molecular complexity index is 961. The van der Waals surface area contributed by atoms with Crippen LogP contribution in [0.1, 0.15) is 10.4 Å². The van der Waals surface area contributed by atoms with Gasteiger partial charge in [-0.15, -0.1) is 16.4 Å². The van der Waals surface area contributed by atoms with Crippen LogP contribution in [0.4, 0.5) is 4.39 Å². The quantitative estimate of drug-likeness (QED) is 0.493. The summed E-state index contributed by atoms with van der Waals surface area (Å²) in [6.45, 7) is -1.06. The van der Waals surface area contributed by atoms with Crippen molar-refractivity contribution in [2.24, 2.45) is 0 Å². The molecule has 1 aromatic carbocycles. The van der Waals surface area contributed by atoms with Crippen molar-refractivity contribution in [3.63, 3.8) is 0 Å². The number of carbonyl (C=O) groups excluding carboxylic acids is 2. The fourth-order valence-corrected chi connectivity index (χ4v) is 2.61. The Morgan fingerprint density at radius 2 is 2.12 bits per heavy atom. The van der Waals surface area contributed by atoms with Crippen molar-refractivity contribution in [1.29, 1.82) is 0 Å². The van der Waals surface area contributed by atoms with Gasteiger partial charge in [-0.3, -0.25) is 9.59 Å². The Morgan fingerprint density at radius 3 is 2.84 bits per heavy atom. The molecule has 0 aliphatic rings. The second-order valence-corrected chi connectivity index (χ2v) is 5.85. The highest BCUT2D eigenvalue weighted by molar-refractivity contribution is 7.13. The molecule has 0 aliphatic carbocycles. The standard InChI is InChI=1S/C16H11FN2O5S/c17-11-4-1-3-10(7-11)12(20)9-23-14(21)8-19-16(22)24-15(18-19)13-5-2-6-25-13/h1-7H,8-9H2. The number of esters is 1. The third-order valence-electron chi connectivity index (χ3n) is 3.13. The number of Topliss-reactive ketones (excluding diaryl/α,β-unsaturated/α-hetero) is 1. The molecule has 0 spiro atoms. The predicted octanol–water partition coefficient (Wildman–Crippen LogP) is 2.13. The van der Waals surface area contributed by atoms with E-state index in [2.05, 4.69) is 5.10 Å². The average molecular weight is 362 g/mol. The summed E-state index contributed by atoms with van der Waals surface area (Å²) in [7, 11) is 0. The second-order valence-electron chi connectivity index (χ2n) is 4.90. The molecule has 0 atom stereocenters. The lowest BCUT2D eigenvalue weighted by atomic mass is 10.1. The largest absolute Gasteiger partial charge is 0.456 e. The van der Waals surface area contributed by atoms with Crippen LogP contribution in [0, 0.1) is 5.82 Å². The summed E-state index contributed by atoms with van der Waals surface area (Å²) < 4.78 is 23.6. The number of hydrogen-bond acceptors (Lipinski definition) is 7. The number of hydrogen-bond donors (Lipinski definition) is 0. The van der Waals surface area contributed by atoms with Crippen LogP contribution in [0.3, 0.4) is 0 Å². The van der Waals surface area contributed by atoms with Gasteiger partial charge in [0.05, 0.1) is 4.88 Å². The van der Waals surface area contributed by atoms with Gasteiger partial charge in [-0.1, -0.05) is 18.2 Å². The minimum Gasteiger partial charge on any atom is -0.456 e. The molecule has 0 N–H and O–H groups in total. The lowest BCUT2D eigenvalue weighted by Crippen LogP contribution is -2.24. The second kappa shape index (κ2) is 7.22. The van der Waals surface area contributed by atoms with Gasteiger partial charge in [0.15, 0.2) is 12.4 Å². The van der Waals surface area contributed by atoms with Gasteiger partial charge in [-0.25, -0.2) is 9.18 Å². The smallest absolute Gasteiger partial charge is 0.437 e. The van der Waals surface area contributed by atoms with E-state index in [9.17, 15) is 18.8 Å². The van der Waals surface area contributed by atoms with Crippen molar-refractivity contribution in [2.45, 2.75) is 6.54 Å². The molecular weight excluding hydrogens is 351 g/mol. The Labute approximate surface area is 144 Å². The molecule has 0 saturated carbocycles. The summed E-state index contributed by atoms with van der Waals surface area (Å²) in [6, 6.07) is 8.53. The first-order chi connectivity index (χ1) is 12.0. The summed E-state index contributed by atoms with van der Waals surface area (Å²) in [5.74, 6) is -2.66. The highest BCUT2D eigenvalue weighted by atomic mass is 32.1. The van der Waals surface area contributed by atoms with Gasteiger partial charge in [0.25, 0.3) is 5.89 Å². The highest BCUT2D eigenvalue weighted by Gasteiger charge is 2.16. The SMILES string of the molecule is O=C(Cn1nc(-c2cccs2)oc1=O)OCC(=O)c1cccc(F)c1. The molecule has 0 radical (unpaired) electrons. The number of aromatic nitrogens is 2. The zero-order valence-corrected chi connectivity index (χ0v) is 13.5. The molecule has 0 unspecified atom stereocenters. The molecule has 0 saturated heterocycles. The maximum atomic E-state index is 13.1. The number of ketones is 1. The first-order valence-electron chi connectivity index (χ1n) is 7.09. The molecule has 0 bridgehead atoms. The van der Waals surface area contributed by atoms with E-state index in [0.717, 1.165) is 10.7 Å². The van der Waals surface area contributed by atoms with Crippen LogP contribution >= 0.6 is 11.3 Å². The van der Waals surface area contributed by atoms with Crippen molar-refractivity contribution in [3.05, 3.63) is 63.7 Å². The Kier molecular flexibility index (Phi) is 4.85. The summed E-state index contributed by atoms with van der Waals surface area (Å²) in [6.07, 6.45) is 0. The topological polar surface area (TPSA) is 91.4 Å². The third-order valence-corrected chi connectivity index (χ3v) is 3.99. The monoisotopic (exact) mass is 362 g/mol. The van der Waals surface area contributed by atoms with Gasteiger partial charge in [-0.2, -0.15) is 4.68 Å². The van der Waals surface area contributed by atoms with E-state index < -0.39 is 36.5 Å². The Hall–Kier alpha value is -3.07. The molecule has 25 heavy (non-hydrogen) atoms. The third kappa shape index (κ3) is 4.07. The minimum atomic E-state index is -0.835. The first-order valence-corrected chi connectivity index (χ1v) is 7.97. The van der Waals surface area contributed by atoms with Gasteiger partial charge in [-0.05, 0) is 23.6 Å². The van der Waals surface area contributed by atoms with E-state index in [-0.39, 0.29) is 11.5 Å². The van der Waals surface area contributed by atoms with Crippen LogP contribution < -0.4 is 5.76 Å². The number of halogens is 1. The lowest BCUT2D eigenvalue weighted by Gasteiger charge is -2.03. The van der Waals surface area contributed by atoms with Crippen LogP contribution in [-0.2, 0) is 16.1 Å². The fourth-order valence-electron chi connectivity index (χ4n) is 1.97. The van der Waals surface area contributed by atoms with Gasteiger partial charge < -0.3 is 9.15 Å². The number of carbonyl (C=O) groups is 2. The maximum absolute atomic E-state index is 13.1. The Balaban J connectivity index is 1.60. The van der Waals surface area contributed by atoms with Gasteiger partial charge in [0.1, 0.15) is 12.4 Å². The van der Waals surface area contributed by atoms with Crippen LogP contribution in [0.15, 0.2) is 51.0 Å². The minimum absolute atomic E-state index is 0.0892. The van der Waals surface area contributed by atoms with E-state index in [1.54, 1.807) is 17.5 Å². The number of ether oxygens (including phenoxy) is 1. The fraction of sp³-hybridized carbons (Fsp3) is 0.125. The zero-order chi connectivity index (χ0) is 17.8. The molecule has 0 aliphatic heterocycles. The van der Waals surface area contributed by atoms with Gasteiger partial charge in [0.2, 0.25) is 0 Å². The molecule has 7 nitrogen and oxygen atoms in total. The van der Waals surface area contributed by atoms with Crippen molar-refractivity contribution < 1.29 is 23.1 Å². The summed E-state index contributed by atoms with van der Waals surface area (Å²) in [5.41, 5.74) is 0.0892. The van der Waals surface area contributed by atoms with E-state index in [1.165, 1.54) is 29.5 Å². The number of benzene rings is 1. The molecule has 2 heterocycles. The normalized spacial score (nSPS) is 10.6. The highest BCUT2D eigenvalue weighted by Crippen LogP contribution is 2.20. The average Bonchev–Trinajstić information content (AvgIpc) is 3.23. The molecule has 128 valence electrons. The predicted molar refractivity (Wildman–Crippen MR) is 85.8 cm³/mol. The first kappa shape index (κ1) is 16.8. The van der Waals surface area contributed by atoms with Crippen LogP contribution in [0.5, 0.6) is 0 Å². The molecule has 2 aromatic heterocycles. The lowest BCUT2D eigenvalue weighted by molar-refractivity contribution is -0.143. The van der Waals surface area contributed by atoms with Gasteiger partial charge in [0, 0.05) is 5.56 Å². The molecule has 3 aromatic rings. The van der Waals surface area contributed by atoms with Crippen LogP contribution in [0.2, 0.25) is 0 Å². The maximum Gasteiger partial charge on any atom is 0.437 e. The van der Waals surface area contributed by atoms with Crippen molar-refractivity contribution >= 4 is 23.1 Å². The van der Waals surface area contributed by atoms with Crippen LogP contribution in [0.25, 0.3) is 10.8 Å². The molecule has 0 fully saturated rings. The van der Waals surface area contributed by atoms with E-state index in [1.807, 2.05) is 0 Å². The molecular formula is C16H11FN2O5S. The zero-order valence-electron chi connectivity index (χ0n) is 12.7. The number of rotatable bonds is 6. The summed E-state index contributed by atoms with van der Waals surface area (Å²) in [4.78, 5) is 35.9. The summed E-state index contributed by atoms with van der Waals surface area (Å²) >= 11 is 1.33. The van der Waals surface area contributed by atoms with E-state index in [0.29, 0.717) is 4.88 Å². The number of nitrogens with zero attached hydrogens (tertiary/aromatic N) is 2. The van der Waals surface area contributed by atoms with Crippen LogP contribution in [-0.4, -0.2) is 28.1 Å². The van der Waals surface area contributed by atoms with Crippen molar-refractivity contribution in [2.75, 3.05) is 6.61 Å². The van der Waals surface area contributed by atoms with Crippen molar-refractivity contribution in [3.8, 4) is 10.8 Å². The van der Waals surface area contributed by atoms with E-state index >= 15 is 0 Å². The van der Waals surface area contributed by atoms with Crippen molar-refractivity contribution in [1.82, 2.24) is 9.78 Å². The number of thiophene rings is 1.